The van der Waals surface area contributed by atoms with Gasteiger partial charge in [-0.05, 0) is 38.0 Å². The maximum Gasteiger partial charge on any atom is 0.310 e. The van der Waals surface area contributed by atoms with Gasteiger partial charge in [0.05, 0.1) is 6.61 Å². The lowest BCUT2D eigenvalue weighted by Gasteiger charge is -2.18. The molecule has 0 saturated carbocycles. The lowest BCUT2D eigenvalue weighted by atomic mass is 9.90. The maximum absolute atomic E-state index is 12.0. The molecule has 0 amide bonds. The van der Waals surface area contributed by atoms with Crippen molar-refractivity contribution in [3.8, 4) is 0 Å². The van der Waals surface area contributed by atoms with E-state index in [1.54, 1.807) is 0 Å². The van der Waals surface area contributed by atoms with E-state index in [4.69, 9.17) is 14.6 Å². The van der Waals surface area contributed by atoms with Crippen LogP contribution in [0.5, 0.6) is 0 Å². The van der Waals surface area contributed by atoms with Crippen molar-refractivity contribution in [1.82, 2.24) is 0 Å². The Labute approximate surface area is 142 Å². The Kier molecular flexibility index (Phi) is 5.96. The van der Waals surface area contributed by atoms with Crippen molar-refractivity contribution in [2.75, 3.05) is 18.5 Å². The molecular weight excluding hydrogens is 310 g/mol. The van der Waals surface area contributed by atoms with Crippen molar-refractivity contribution >= 4 is 17.4 Å². The summed E-state index contributed by atoms with van der Waals surface area (Å²) >= 11 is 0. The van der Waals surface area contributed by atoms with Crippen molar-refractivity contribution < 1.29 is 24.2 Å². The van der Waals surface area contributed by atoms with E-state index in [0.29, 0.717) is 19.6 Å². The van der Waals surface area contributed by atoms with E-state index in [0.717, 1.165) is 11.3 Å². The third kappa shape index (κ3) is 5.04. The van der Waals surface area contributed by atoms with E-state index in [-0.39, 0.29) is 17.8 Å². The van der Waals surface area contributed by atoms with Gasteiger partial charge in [-0.15, -0.1) is 0 Å². The van der Waals surface area contributed by atoms with E-state index in [2.05, 4.69) is 5.32 Å². The number of aliphatic carboxylic acids is 1. The SMILES string of the molecule is CCC(C(=O)CC(=O)O)c1ccc(NCC2COC(C)(C)O2)cc1. The van der Waals surface area contributed by atoms with Crippen molar-refractivity contribution in [1.29, 1.82) is 0 Å². The molecule has 0 aliphatic carbocycles. The fraction of sp³-hybridized carbons (Fsp3) is 0.556. The Hall–Kier alpha value is -1.92. The standard InChI is InChI=1S/C18H25NO5/c1-4-15(16(20)9-17(21)22)12-5-7-13(8-6-12)19-10-14-11-23-18(2,3)24-14/h5-8,14-15,19H,4,9-11H2,1-3H3,(H,21,22). The molecule has 1 fully saturated rings. The number of carboxylic acid groups (broad SMARTS) is 1. The second kappa shape index (κ2) is 7.77. The molecule has 0 aromatic heterocycles. The van der Waals surface area contributed by atoms with Crippen molar-refractivity contribution in [2.45, 2.75) is 51.4 Å². The molecule has 1 aliphatic rings. The van der Waals surface area contributed by atoms with Gasteiger partial charge in [-0.1, -0.05) is 19.1 Å². The summed E-state index contributed by atoms with van der Waals surface area (Å²) in [4.78, 5) is 22.7. The number of anilines is 1. The lowest BCUT2D eigenvalue weighted by Crippen LogP contribution is -2.26. The zero-order chi connectivity index (χ0) is 17.7. The third-order valence-electron chi connectivity index (χ3n) is 4.04. The second-order valence-electron chi connectivity index (χ2n) is 6.45. The number of carbonyl (C=O) groups is 2. The number of rotatable bonds is 8. The van der Waals surface area contributed by atoms with Crippen molar-refractivity contribution in [3.05, 3.63) is 29.8 Å². The average molecular weight is 335 g/mol. The van der Waals surface area contributed by atoms with E-state index < -0.39 is 18.2 Å². The fourth-order valence-corrected chi connectivity index (χ4v) is 2.85. The minimum atomic E-state index is -1.08. The zero-order valence-electron chi connectivity index (χ0n) is 14.4. The number of carboxylic acids is 1. The molecule has 1 heterocycles. The van der Waals surface area contributed by atoms with Gasteiger partial charge in [0.1, 0.15) is 12.5 Å². The summed E-state index contributed by atoms with van der Waals surface area (Å²) in [5.74, 6) is -2.25. The number of ether oxygens (including phenoxy) is 2. The zero-order valence-corrected chi connectivity index (χ0v) is 14.4. The van der Waals surface area contributed by atoms with Crippen LogP contribution >= 0.6 is 0 Å². The molecule has 1 aromatic rings. The minimum absolute atomic E-state index is 0.000196. The Morgan fingerprint density at radius 3 is 2.50 bits per heavy atom. The van der Waals surface area contributed by atoms with Gasteiger partial charge in [-0.25, -0.2) is 0 Å². The molecule has 0 radical (unpaired) electrons. The average Bonchev–Trinajstić information content (AvgIpc) is 2.86. The van der Waals surface area contributed by atoms with E-state index in [1.807, 2.05) is 45.0 Å². The third-order valence-corrected chi connectivity index (χ3v) is 4.04. The summed E-state index contributed by atoms with van der Waals surface area (Å²) in [7, 11) is 0. The first-order valence-corrected chi connectivity index (χ1v) is 8.21. The number of ketones is 1. The first kappa shape index (κ1) is 18.4. The molecule has 2 unspecified atom stereocenters. The quantitative estimate of drug-likeness (QED) is 0.711. The van der Waals surface area contributed by atoms with Gasteiger partial charge in [-0.3, -0.25) is 9.59 Å². The monoisotopic (exact) mass is 335 g/mol. The molecular formula is C18H25NO5. The Morgan fingerprint density at radius 1 is 1.33 bits per heavy atom. The Morgan fingerprint density at radius 2 is 2.00 bits per heavy atom. The maximum atomic E-state index is 12.0. The van der Waals surface area contributed by atoms with Crippen LogP contribution in [0.15, 0.2) is 24.3 Å². The van der Waals surface area contributed by atoms with Crippen LogP contribution in [0.1, 0.15) is 45.1 Å². The highest BCUT2D eigenvalue weighted by molar-refractivity contribution is 5.98. The van der Waals surface area contributed by atoms with Crippen LogP contribution in [-0.4, -0.2) is 41.9 Å². The molecule has 6 heteroatoms. The van der Waals surface area contributed by atoms with Crippen molar-refractivity contribution in [3.63, 3.8) is 0 Å². The lowest BCUT2D eigenvalue weighted by molar-refractivity contribution is -0.140. The highest BCUT2D eigenvalue weighted by atomic mass is 16.7. The summed E-state index contributed by atoms with van der Waals surface area (Å²) in [6, 6.07) is 7.53. The molecule has 2 atom stereocenters. The largest absolute Gasteiger partial charge is 0.481 e. The van der Waals surface area contributed by atoms with Crippen LogP contribution in [0.3, 0.4) is 0 Å². The van der Waals surface area contributed by atoms with E-state index >= 15 is 0 Å². The summed E-state index contributed by atoms with van der Waals surface area (Å²) in [5, 5.41) is 12.1. The van der Waals surface area contributed by atoms with Gasteiger partial charge in [-0.2, -0.15) is 0 Å². The number of carbonyl (C=O) groups excluding carboxylic acids is 1. The smallest absolute Gasteiger partial charge is 0.310 e. The van der Waals surface area contributed by atoms with Gasteiger partial charge in [0.15, 0.2) is 11.6 Å². The van der Waals surface area contributed by atoms with Gasteiger partial charge in [0.25, 0.3) is 0 Å². The van der Waals surface area contributed by atoms with Gasteiger partial charge in [0.2, 0.25) is 0 Å². The van der Waals surface area contributed by atoms with E-state index in [1.165, 1.54) is 0 Å². The molecule has 2 rings (SSSR count). The van der Waals surface area contributed by atoms with Crippen LogP contribution in [0, 0.1) is 0 Å². The molecule has 132 valence electrons. The van der Waals surface area contributed by atoms with Gasteiger partial charge in [0, 0.05) is 18.2 Å². The molecule has 1 aromatic carbocycles. The molecule has 0 bridgehead atoms. The molecule has 24 heavy (non-hydrogen) atoms. The van der Waals surface area contributed by atoms with Crippen LogP contribution in [0.2, 0.25) is 0 Å². The molecule has 1 aliphatic heterocycles. The number of Topliss-reactive ketones (excluding diaryl/α,β-unsaturated/α-hetero) is 1. The van der Waals surface area contributed by atoms with Gasteiger partial charge >= 0.3 is 5.97 Å². The number of hydrogen-bond acceptors (Lipinski definition) is 5. The molecule has 2 N–H and O–H groups in total. The summed E-state index contributed by atoms with van der Waals surface area (Å²) < 4.78 is 11.3. The minimum Gasteiger partial charge on any atom is -0.481 e. The second-order valence-corrected chi connectivity index (χ2v) is 6.45. The highest BCUT2D eigenvalue weighted by Gasteiger charge is 2.32. The molecule has 1 saturated heterocycles. The number of nitrogens with one attached hydrogen (secondary N) is 1. The molecule has 6 nitrogen and oxygen atoms in total. The fourth-order valence-electron chi connectivity index (χ4n) is 2.85. The first-order chi connectivity index (χ1) is 11.3. The number of hydrogen-bond donors (Lipinski definition) is 2. The van der Waals surface area contributed by atoms with E-state index in [9.17, 15) is 9.59 Å². The van der Waals surface area contributed by atoms with Gasteiger partial charge < -0.3 is 19.9 Å². The Bertz CT molecular complexity index is 582. The normalized spacial score (nSPS) is 20.5. The summed E-state index contributed by atoms with van der Waals surface area (Å²) in [6.45, 7) is 6.86. The van der Waals surface area contributed by atoms with Crippen LogP contribution < -0.4 is 5.32 Å². The predicted molar refractivity (Wildman–Crippen MR) is 90.1 cm³/mol. The van der Waals surface area contributed by atoms with Crippen LogP contribution in [0.25, 0.3) is 0 Å². The number of benzene rings is 1. The van der Waals surface area contributed by atoms with Crippen LogP contribution in [-0.2, 0) is 19.1 Å². The molecule has 0 spiro atoms. The first-order valence-electron chi connectivity index (χ1n) is 8.21. The highest BCUT2D eigenvalue weighted by Crippen LogP contribution is 2.25. The van der Waals surface area contributed by atoms with Crippen LogP contribution in [0.4, 0.5) is 5.69 Å². The predicted octanol–water partition coefficient (Wildman–Crippen LogP) is 2.79. The summed E-state index contributed by atoms with van der Waals surface area (Å²) in [5.41, 5.74) is 1.77. The topological polar surface area (TPSA) is 84.9 Å². The summed E-state index contributed by atoms with van der Waals surface area (Å²) in [6.07, 6.45) is 0.148. The van der Waals surface area contributed by atoms with Crippen molar-refractivity contribution in [2.24, 2.45) is 0 Å². The Balaban J connectivity index is 1.92.